The first-order chi connectivity index (χ1) is 9.60. The second-order valence-electron chi connectivity index (χ2n) is 5.11. The zero-order valence-electron chi connectivity index (χ0n) is 12.1. The van der Waals surface area contributed by atoms with E-state index in [1.165, 1.54) is 5.56 Å². The molecule has 20 heavy (non-hydrogen) atoms. The van der Waals surface area contributed by atoms with Crippen LogP contribution in [-0.4, -0.2) is 7.05 Å². The van der Waals surface area contributed by atoms with E-state index in [9.17, 15) is 0 Å². The molecule has 106 valence electrons. The minimum Gasteiger partial charge on any atom is -0.457 e. The molecule has 0 aliphatic rings. The van der Waals surface area contributed by atoms with Crippen molar-refractivity contribution in [1.29, 1.82) is 0 Å². The largest absolute Gasteiger partial charge is 0.457 e. The average Bonchev–Trinajstić information content (AvgIpc) is 2.42. The van der Waals surface area contributed by atoms with Crippen molar-refractivity contribution >= 4 is 11.6 Å². The van der Waals surface area contributed by atoms with Gasteiger partial charge in [0.15, 0.2) is 0 Å². The number of ether oxygens (including phenoxy) is 1. The second kappa shape index (κ2) is 6.78. The van der Waals surface area contributed by atoms with Crippen LogP contribution in [0, 0.1) is 0 Å². The van der Waals surface area contributed by atoms with Crippen LogP contribution in [0.5, 0.6) is 11.5 Å². The van der Waals surface area contributed by atoms with E-state index in [0.717, 1.165) is 28.6 Å². The maximum Gasteiger partial charge on any atom is 0.132 e. The molecule has 0 atom stereocenters. The first-order valence-electron chi connectivity index (χ1n) is 6.81. The van der Waals surface area contributed by atoms with Crippen LogP contribution in [0.3, 0.4) is 0 Å². The summed E-state index contributed by atoms with van der Waals surface area (Å²) in [7, 11) is 1.91. The lowest BCUT2D eigenvalue weighted by atomic mass is 10.0. The van der Waals surface area contributed by atoms with Gasteiger partial charge in [-0.15, -0.1) is 0 Å². The summed E-state index contributed by atoms with van der Waals surface area (Å²) in [6.07, 6.45) is 0. The van der Waals surface area contributed by atoms with E-state index in [1.807, 2.05) is 37.4 Å². The Kier molecular flexibility index (Phi) is 5.05. The Morgan fingerprint density at radius 3 is 2.65 bits per heavy atom. The lowest BCUT2D eigenvalue weighted by molar-refractivity contribution is 0.473. The number of hydrogen-bond donors (Lipinski definition) is 1. The highest BCUT2D eigenvalue weighted by Crippen LogP contribution is 2.29. The van der Waals surface area contributed by atoms with E-state index in [1.54, 1.807) is 0 Å². The molecule has 0 amide bonds. The van der Waals surface area contributed by atoms with Crippen molar-refractivity contribution in [2.45, 2.75) is 26.3 Å². The van der Waals surface area contributed by atoms with E-state index in [-0.39, 0.29) is 0 Å². The van der Waals surface area contributed by atoms with Crippen LogP contribution in [0.25, 0.3) is 0 Å². The Morgan fingerprint density at radius 1 is 1.15 bits per heavy atom. The van der Waals surface area contributed by atoms with Crippen LogP contribution in [0.4, 0.5) is 0 Å². The van der Waals surface area contributed by atoms with Crippen LogP contribution < -0.4 is 10.1 Å². The molecule has 1 N–H and O–H groups in total. The first kappa shape index (κ1) is 14.9. The normalized spacial score (nSPS) is 10.8. The van der Waals surface area contributed by atoms with Crippen LogP contribution in [0.15, 0.2) is 42.5 Å². The summed E-state index contributed by atoms with van der Waals surface area (Å²) in [6, 6.07) is 13.9. The maximum absolute atomic E-state index is 6.04. The highest BCUT2D eigenvalue weighted by molar-refractivity contribution is 6.30. The molecule has 2 nitrogen and oxygen atoms in total. The lowest BCUT2D eigenvalue weighted by Crippen LogP contribution is -2.06. The molecule has 0 heterocycles. The molecule has 0 aromatic heterocycles. The predicted molar refractivity (Wildman–Crippen MR) is 84.8 cm³/mol. The van der Waals surface area contributed by atoms with Gasteiger partial charge in [0.05, 0.1) is 0 Å². The molecule has 0 aliphatic carbocycles. The SMILES string of the molecule is CNCc1cc(Cl)ccc1Oc1cccc(C(C)C)c1. The second-order valence-corrected chi connectivity index (χ2v) is 5.55. The smallest absolute Gasteiger partial charge is 0.132 e. The highest BCUT2D eigenvalue weighted by atomic mass is 35.5. The molecule has 2 aromatic carbocycles. The van der Waals surface area contributed by atoms with Crippen molar-refractivity contribution in [1.82, 2.24) is 5.32 Å². The Balaban J connectivity index is 2.27. The lowest BCUT2D eigenvalue weighted by Gasteiger charge is -2.13. The van der Waals surface area contributed by atoms with Gasteiger partial charge in [0.2, 0.25) is 0 Å². The number of rotatable bonds is 5. The molecule has 0 unspecified atom stereocenters. The Labute approximate surface area is 125 Å². The molecule has 2 rings (SSSR count). The molecule has 0 saturated heterocycles. The number of nitrogens with one attached hydrogen (secondary N) is 1. The van der Waals surface area contributed by atoms with E-state index in [0.29, 0.717) is 5.92 Å². The van der Waals surface area contributed by atoms with Gasteiger partial charge < -0.3 is 10.1 Å². The zero-order valence-corrected chi connectivity index (χ0v) is 12.9. The molecule has 0 bridgehead atoms. The summed E-state index contributed by atoms with van der Waals surface area (Å²) in [5.41, 5.74) is 2.32. The molecule has 3 heteroatoms. The quantitative estimate of drug-likeness (QED) is 0.838. The van der Waals surface area contributed by atoms with E-state index < -0.39 is 0 Å². The molecule has 0 aliphatic heterocycles. The van der Waals surface area contributed by atoms with Crippen molar-refractivity contribution < 1.29 is 4.74 Å². The molecule has 0 radical (unpaired) electrons. The Morgan fingerprint density at radius 2 is 1.95 bits per heavy atom. The number of hydrogen-bond acceptors (Lipinski definition) is 2. The van der Waals surface area contributed by atoms with Crippen LogP contribution in [-0.2, 0) is 6.54 Å². The summed E-state index contributed by atoms with van der Waals surface area (Å²) in [4.78, 5) is 0. The standard InChI is InChI=1S/C17H20ClNO/c1-12(2)13-5-4-6-16(10-13)20-17-8-7-15(18)9-14(17)11-19-3/h4-10,12,19H,11H2,1-3H3. The van der Waals surface area contributed by atoms with Gasteiger partial charge >= 0.3 is 0 Å². The van der Waals surface area contributed by atoms with Crippen LogP contribution in [0.2, 0.25) is 5.02 Å². The van der Waals surface area contributed by atoms with Gasteiger partial charge in [-0.3, -0.25) is 0 Å². The van der Waals surface area contributed by atoms with E-state index in [4.69, 9.17) is 16.3 Å². The monoisotopic (exact) mass is 289 g/mol. The van der Waals surface area contributed by atoms with Crippen LogP contribution >= 0.6 is 11.6 Å². The zero-order chi connectivity index (χ0) is 14.5. The van der Waals surface area contributed by atoms with Crippen LogP contribution in [0.1, 0.15) is 30.9 Å². The highest BCUT2D eigenvalue weighted by Gasteiger charge is 2.07. The van der Waals surface area contributed by atoms with Gasteiger partial charge in [0.1, 0.15) is 11.5 Å². The van der Waals surface area contributed by atoms with Gasteiger partial charge in [-0.25, -0.2) is 0 Å². The third kappa shape index (κ3) is 3.75. The van der Waals surface area contributed by atoms with Crippen molar-refractivity contribution in [2.24, 2.45) is 0 Å². The van der Waals surface area contributed by atoms with Crippen molar-refractivity contribution in [3.05, 3.63) is 58.6 Å². The number of halogens is 1. The Hall–Kier alpha value is -1.51. The number of benzene rings is 2. The molecule has 2 aromatic rings. The van der Waals surface area contributed by atoms with Crippen molar-refractivity contribution in [3.8, 4) is 11.5 Å². The van der Waals surface area contributed by atoms with Gasteiger partial charge in [-0.1, -0.05) is 37.6 Å². The fourth-order valence-corrected chi connectivity index (χ4v) is 2.24. The first-order valence-corrected chi connectivity index (χ1v) is 7.19. The maximum atomic E-state index is 6.04. The third-order valence-electron chi connectivity index (χ3n) is 3.14. The van der Waals surface area contributed by atoms with Gasteiger partial charge in [0, 0.05) is 17.1 Å². The van der Waals surface area contributed by atoms with Gasteiger partial charge in [-0.05, 0) is 48.9 Å². The summed E-state index contributed by atoms with van der Waals surface area (Å²) < 4.78 is 6.01. The van der Waals surface area contributed by atoms with Crippen molar-refractivity contribution in [3.63, 3.8) is 0 Å². The average molecular weight is 290 g/mol. The Bertz CT molecular complexity index is 581. The fraction of sp³-hybridized carbons (Fsp3) is 0.294. The molecular formula is C17H20ClNO. The molecule has 0 spiro atoms. The fourth-order valence-electron chi connectivity index (χ4n) is 2.04. The summed E-state index contributed by atoms with van der Waals surface area (Å²) >= 11 is 6.04. The summed E-state index contributed by atoms with van der Waals surface area (Å²) in [5, 5.41) is 3.85. The predicted octanol–water partition coefficient (Wildman–Crippen LogP) is 4.98. The third-order valence-corrected chi connectivity index (χ3v) is 3.38. The van der Waals surface area contributed by atoms with Gasteiger partial charge in [0.25, 0.3) is 0 Å². The topological polar surface area (TPSA) is 21.3 Å². The van der Waals surface area contributed by atoms with Crippen molar-refractivity contribution in [2.75, 3.05) is 7.05 Å². The summed E-state index contributed by atoms with van der Waals surface area (Å²) in [5.74, 6) is 2.18. The minimum absolute atomic E-state index is 0.487. The minimum atomic E-state index is 0.487. The molecule has 0 saturated carbocycles. The molecule has 0 fully saturated rings. The van der Waals surface area contributed by atoms with Gasteiger partial charge in [-0.2, -0.15) is 0 Å². The molecular weight excluding hydrogens is 270 g/mol. The van der Waals surface area contributed by atoms with E-state index >= 15 is 0 Å². The van der Waals surface area contributed by atoms with E-state index in [2.05, 4.69) is 31.3 Å². The summed E-state index contributed by atoms with van der Waals surface area (Å²) in [6.45, 7) is 5.07.